The van der Waals surface area contributed by atoms with Crippen molar-refractivity contribution < 1.29 is 9.53 Å². The molecule has 1 N–H and O–H groups in total. The van der Waals surface area contributed by atoms with Crippen LogP contribution < -0.4 is 5.32 Å². The Kier molecular flexibility index (Phi) is 4.74. The molecule has 0 unspecified atom stereocenters. The van der Waals surface area contributed by atoms with E-state index in [1.54, 1.807) is 6.20 Å². The molecule has 2 aliphatic rings. The monoisotopic (exact) mass is 355 g/mol. The molecule has 7 nitrogen and oxygen atoms in total. The fourth-order valence-corrected chi connectivity index (χ4v) is 3.95. The Labute approximate surface area is 153 Å². The van der Waals surface area contributed by atoms with Crippen LogP contribution in [0, 0.1) is 12.8 Å². The summed E-state index contributed by atoms with van der Waals surface area (Å²) in [7, 11) is 1.93. The van der Waals surface area contributed by atoms with Crippen molar-refractivity contribution in [1.29, 1.82) is 0 Å². The number of nitrogens with one attached hydrogen (secondary N) is 1. The third-order valence-electron chi connectivity index (χ3n) is 5.36. The molecule has 2 aliphatic heterocycles. The van der Waals surface area contributed by atoms with E-state index in [1.807, 2.05) is 43.2 Å². The van der Waals surface area contributed by atoms with Crippen LogP contribution in [0.15, 0.2) is 30.7 Å². The molecule has 138 valence electrons. The number of piperidine rings is 1. The van der Waals surface area contributed by atoms with Gasteiger partial charge in [0.2, 0.25) is 0 Å². The number of fused-ring (bicyclic) bond motifs is 1. The average Bonchev–Trinajstić information content (AvgIpc) is 3.22. The number of amides is 1. The Bertz CT molecular complexity index is 790. The van der Waals surface area contributed by atoms with E-state index >= 15 is 0 Å². The molecule has 0 aliphatic carbocycles. The minimum Gasteiger partial charge on any atom is -0.364 e. The largest absolute Gasteiger partial charge is 0.364 e. The minimum absolute atomic E-state index is 0.0608. The van der Waals surface area contributed by atoms with Gasteiger partial charge in [-0.1, -0.05) is 0 Å². The zero-order valence-corrected chi connectivity index (χ0v) is 15.3. The highest BCUT2D eigenvalue weighted by Gasteiger charge is 2.41. The highest BCUT2D eigenvalue weighted by molar-refractivity contribution is 5.94. The van der Waals surface area contributed by atoms with Crippen molar-refractivity contribution in [3.8, 4) is 0 Å². The number of likely N-dealkylation sites (tertiary alicyclic amines) is 1. The highest BCUT2D eigenvalue weighted by Crippen LogP contribution is 2.34. The zero-order valence-electron chi connectivity index (χ0n) is 15.3. The maximum absolute atomic E-state index is 12.6. The first-order valence-corrected chi connectivity index (χ1v) is 9.16. The third-order valence-corrected chi connectivity index (χ3v) is 5.36. The summed E-state index contributed by atoms with van der Waals surface area (Å²) in [5.74, 6) is 0.403. The van der Waals surface area contributed by atoms with Gasteiger partial charge in [0.05, 0.1) is 23.7 Å². The number of carbonyl (C=O) groups is 1. The average molecular weight is 355 g/mol. The van der Waals surface area contributed by atoms with Crippen molar-refractivity contribution >= 4 is 11.6 Å². The number of pyridine rings is 1. The molecule has 2 saturated heterocycles. The maximum atomic E-state index is 12.6. The van der Waals surface area contributed by atoms with E-state index in [2.05, 4.69) is 20.3 Å². The SMILES string of the molecule is Cc1ncccc1NC(=O)[C@@H]1C[C@H]2CCN(Cc3cnn(C)c3)C[C@H]2O1. The van der Waals surface area contributed by atoms with E-state index in [9.17, 15) is 4.79 Å². The van der Waals surface area contributed by atoms with Crippen molar-refractivity contribution in [3.63, 3.8) is 0 Å². The van der Waals surface area contributed by atoms with Gasteiger partial charge in [0.1, 0.15) is 6.10 Å². The Morgan fingerprint density at radius 1 is 1.46 bits per heavy atom. The number of rotatable bonds is 4. The summed E-state index contributed by atoms with van der Waals surface area (Å²) < 4.78 is 7.95. The quantitative estimate of drug-likeness (QED) is 0.904. The summed E-state index contributed by atoms with van der Waals surface area (Å²) >= 11 is 0. The summed E-state index contributed by atoms with van der Waals surface area (Å²) in [4.78, 5) is 19.2. The van der Waals surface area contributed by atoms with Gasteiger partial charge in [-0.25, -0.2) is 0 Å². The standard InChI is InChI=1S/C19H25N5O2/c1-13-16(4-3-6-20-13)22-19(25)17-8-15-5-7-24(12-18(15)26-17)11-14-9-21-23(2)10-14/h3-4,6,9-10,15,17-18H,5,7-8,11-12H2,1-2H3,(H,22,25)/t15-,17+,18-/m1/s1. The lowest BCUT2D eigenvalue weighted by atomic mass is 9.91. The number of anilines is 1. The van der Waals surface area contributed by atoms with Crippen LogP contribution in [0.25, 0.3) is 0 Å². The first-order valence-electron chi connectivity index (χ1n) is 9.16. The highest BCUT2D eigenvalue weighted by atomic mass is 16.5. The topological polar surface area (TPSA) is 72.3 Å². The number of hydrogen-bond acceptors (Lipinski definition) is 5. The summed E-state index contributed by atoms with van der Waals surface area (Å²) in [6.45, 7) is 4.68. The smallest absolute Gasteiger partial charge is 0.253 e. The van der Waals surface area contributed by atoms with Crippen LogP contribution >= 0.6 is 0 Å². The Balaban J connectivity index is 1.34. The van der Waals surface area contributed by atoms with Gasteiger partial charge in [-0.3, -0.25) is 19.4 Å². The number of ether oxygens (including phenoxy) is 1. The van der Waals surface area contributed by atoms with Crippen LogP contribution in [-0.4, -0.2) is 50.9 Å². The van der Waals surface area contributed by atoms with Crippen molar-refractivity contribution in [3.05, 3.63) is 42.0 Å². The van der Waals surface area contributed by atoms with E-state index in [1.165, 1.54) is 5.56 Å². The van der Waals surface area contributed by atoms with Crippen LogP contribution in [-0.2, 0) is 23.1 Å². The molecule has 2 aromatic rings. The van der Waals surface area contributed by atoms with Gasteiger partial charge in [-0.15, -0.1) is 0 Å². The van der Waals surface area contributed by atoms with E-state index in [0.717, 1.165) is 43.9 Å². The fraction of sp³-hybridized carbons (Fsp3) is 0.526. The van der Waals surface area contributed by atoms with Gasteiger partial charge >= 0.3 is 0 Å². The van der Waals surface area contributed by atoms with Gasteiger partial charge in [0, 0.05) is 38.1 Å². The minimum atomic E-state index is -0.372. The van der Waals surface area contributed by atoms with Crippen molar-refractivity contribution in [2.24, 2.45) is 13.0 Å². The lowest BCUT2D eigenvalue weighted by molar-refractivity contribution is -0.127. The number of aromatic nitrogens is 3. The molecule has 0 spiro atoms. The fourth-order valence-electron chi connectivity index (χ4n) is 3.95. The number of aryl methyl sites for hydroxylation is 2. The molecule has 3 atom stereocenters. The van der Waals surface area contributed by atoms with Crippen LogP contribution in [0.5, 0.6) is 0 Å². The molecule has 0 aromatic carbocycles. The number of nitrogens with zero attached hydrogens (tertiary/aromatic N) is 4. The Morgan fingerprint density at radius 2 is 2.35 bits per heavy atom. The van der Waals surface area contributed by atoms with E-state index in [-0.39, 0.29) is 18.1 Å². The van der Waals surface area contributed by atoms with Crippen molar-refractivity contribution in [2.75, 3.05) is 18.4 Å². The van der Waals surface area contributed by atoms with Crippen molar-refractivity contribution in [1.82, 2.24) is 19.7 Å². The summed E-state index contributed by atoms with van der Waals surface area (Å²) in [6.07, 6.45) is 7.32. The predicted octanol–water partition coefficient (Wildman–Crippen LogP) is 1.74. The molecule has 0 saturated carbocycles. The van der Waals surface area contributed by atoms with Crippen LogP contribution in [0.1, 0.15) is 24.1 Å². The zero-order chi connectivity index (χ0) is 18.1. The summed E-state index contributed by atoms with van der Waals surface area (Å²) in [5.41, 5.74) is 2.79. The number of hydrogen-bond donors (Lipinski definition) is 1. The summed E-state index contributed by atoms with van der Waals surface area (Å²) in [5, 5.41) is 7.20. The van der Waals surface area contributed by atoms with Gasteiger partial charge in [0.15, 0.2) is 0 Å². The van der Waals surface area contributed by atoms with Gasteiger partial charge in [-0.2, -0.15) is 5.10 Å². The van der Waals surface area contributed by atoms with E-state index in [4.69, 9.17) is 4.74 Å². The van der Waals surface area contributed by atoms with Crippen LogP contribution in [0.3, 0.4) is 0 Å². The van der Waals surface area contributed by atoms with Crippen LogP contribution in [0.2, 0.25) is 0 Å². The summed E-state index contributed by atoms with van der Waals surface area (Å²) in [6, 6.07) is 3.70. The lowest BCUT2D eigenvalue weighted by Gasteiger charge is -2.33. The first kappa shape index (κ1) is 17.2. The Morgan fingerprint density at radius 3 is 3.12 bits per heavy atom. The molecule has 0 radical (unpaired) electrons. The first-order chi connectivity index (χ1) is 12.6. The van der Waals surface area contributed by atoms with Crippen LogP contribution in [0.4, 0.5) is 5.69 Å². The molecule has 4 rings (SSSR count). The molecular weight excluding hydrogens is 330 g/mol. The molecule has 26 heavy (non-hydrogen) atoms. The van der Waals surface area contributed by atoms with Crippen molar-refractivity contribution in [2.45, 2.75) is 38.5 Å². The second-order valence-corrected chi connectivity index (χ2v) is 7.33. The predicted molar refractivity (Wildman–Crippen MR) is 97.5 cm³/mol. The molecular formula is C19H25N5O2. The third kappa shape index (κ3) is 3.64. The number of carbonyl (C=O) groups excluding carboxylic acids is 1. The second-order valence-electron chi connectivity index (χ2n) is 7.33. The lowest BCUT2D eigenvalue weighted by Crippen LogP contribution is -2.41. The molecule has 1 amide bonds. The maximum Gasteiger partial charge on any atom is 0.253 e. The normalized spacial score (nSPS) is 25.8. The Hall–Kier alpha value is -2.25. The van der Waals surface area contributed by atoms with Gasteiger partial charge in [0.25, 0.3) is 5.91 Å². The van der Waals surface area contributed by atoms with E-state index < -0.39 is 0 Å². The molecule has 2 aromatic heterocycles. The molecule has 0 bridgehead atoms. The van der Waals surface area contributed by atoms with Gasteiger partial charge in [-0.05, 0) is 44.4 Å². The molecule has 4 heterocycles. The molecule has 2 fully saturated rings. The molecule has 7 heteroatoms. The van der Waals surface area contributed by atoms with Gasteiger partial charge < -0.3 is 10.1 Å². The van der Waals surface area contributed by atoms with E-state index in [0.29, 0.717) is 5.92 Å². The second kappa shape index (κ2) is 7.17.